The minimum atomic E-state index is -2.87. The predicted octanol–water partition coefficient (Wildman–Crippen LogP) is 4.92. The summed E-state index contributed by atoms with van der Waals surface area (Å²) in [6.07, 6.45) is 1.08. The normalized spacial score (nSPS) is 15.9. The number of fused-ring (bicyclic) bond motifs is 2. The second-order valence-corrected chi connectivity index (χ2v) is 8.50. The van der Waals surface area contributed by atoms with Crippen LogP contribution in [0.25, 0.3) is 11.0 Å². The minimum Gasteiger partial charge on any atom is -0.493 e. The van der Waals surface area contributed by atoms with Gasteiger partial charge >= 0.3 is 0 Å². The molecule has 0 aliphatic carbocycles. The van der Waals surface area contributed by atoms with Crippen LogP contribution in [0.15, 0.2) is 42.7 Å². The van der Waals surface area contributed by atoms with Crippen LogP contribution in [0.2, 0.25) is 0 Å². The third-order valence-corrected chi connectivity index (χ3v) is 6.09. The molecule has 0 saturated heterocycles. The van der Waals surface area contributed by atoms with E-state index in [9.17, 15) is 13.6 Å². The van der Waals surface area contributed by atoms with Gasteiger partial charge in [0.15, 0.2) is 5.69 Å². The van der Waals surface area contributed by atoms with Crippen LogP contribution in [0.4, 0.5) is 18.9 Å². The molecule has 1 amide bonds. The molecular formula is C24H22F3N5O2. The Morgan fingerprint density at radius 3 is 2.74 bits per heavy atom. The third kappa shape index (κ3) is 3.68. The molecule has 0 radical (unpaired) electrons. The van der Waals surface area contributed by atoms with Gasteiger partial charge < -0.3 is 9.72 Å². The molecule has 1 aliphatic heterocycles. The number of amides is 1. The van der Waals surface area contributed by atoms with Crippen molar-refractivity contribution in [1.29, 1.82) is 0 Å². The molecule has 2 aromatic carbocycles. The summed E-state index contributed by atoms with van der Waals surface area (Å²) >= 11 is 0. The zero-order valence-electron chi connectivity index (χ0n) is 18.8. The van der Waals surface area contributed by atoms with Crippen molar-refractivity contribution in [3.63, 3.8) is 0 Å². The Bertz CT molecular complexity index is 1410. The van der Waals surface area contributed by atoms with Crippen LogP contribution in [0, 0.1) is 12.7 Å². The maximum atomic E-state index is 15.4. The van der Waals surface area contributed by atoms with E-state index in [2.05, 4.69) is 15.1 Å². The molecule has 0 saturated carbocycles. The van der Waals surface area contributed by atoms with Gasteiger partial charge in [-0.2, -0.15) is 5.10 Å². The van der Waals surface area contributed by atoms with Gasteiger partial charge in [-0.25, -0.2) is 18.2 Å². The maximum absolute atomic E-state index is 15.4. The van der Waals surface area contributed by atoms with Crippen molar-refractivity contribution in [2.75, 3.05) is 11.5 Å². The number of carbonyl (C=O) groups excluding carboxylic acids is 1. The highest BCUT2D eigenvalue weighted by Gasteiger charge is 2.44. The van der Waals surface area contributed by atoms with Crippen LogP contribution in [-0.2, 0) is 7.05 Å². The first-order chi connectivity index (χ1) is 16.1. The fourth-order valence-corrected chi connectivity index (χ4v) is 4.27. The third-order valence-electron chi connectivity index (χ3n) is 6.09. The van der Waals surface area contributed by atoms with Crippen LogP contribution in [-0.4, -0.2) is 38.2 Å². The SMILES string of the molecule is Cc1c2c(nn1C)C(=O)N(c1ccc3nc[nH]c3c1)C2c1ccc(OCCC(C)(F)F)cc1F. The number of aromatic amines is 1. The van der Waals surface area contributed by atoms with Crippen molar-refractivity contribution in [3.8, 4) is 5.75 Å². The summed E-state index contributed by atoms with van der Waals surface area (Å²) in [5.41, 5.74) is 3.92. The van der Waals surface area contributed by atoms with Crippen molar-refractivity contribution in [2.45, 2.75) is 32.2 Å². The molecule has 176 valence electrons. The summed E-state index contributed by atoms with van der Waals surface area (Å²) in [6, 6.07) is 8.78. The Hall–Kier alpha value is -3.82. The molecule has 1 aliphatic rings. The molecule has 4 aromatic rings. The van der Waals surface area contributed by atoms with E-state index in [1.165, 1.54) is 17.0 Å². The molecule has 5 rings (SSSR count). The topological polar surface area (TPSA) is 76.0 Å². The van der Waals surface area contributed by atoms with Crippen molar-refractivity contribution >= 4 is 22.6 Å². The van der Waals surface area contributed by atoms with Crippen molar-refractivity contribution < 1.29 is 22.7 Å². The lowest BCUT2D eigenvalue weighted by atomic mass is 9.98. The summed E-state index contributed by atoms with van der Waals surface area (Å²) in [5, 5.41) is 4.37. The number of aromatic nitrogens is 4. The average molecular weight is 469 g/mol. The predicted molar refractivity (Wildman–Crippen MR) is 120 cm³/mol. The summed E-state index contributed by atoms with van der Waals surface area (Å²) in [7, 11) is 1.73. The molecule has 0 bridgehead atoms. The number of nitrogens with one attached hydrogen (secondary N) is 1. The van der Waals surface area contributed by atoms with Gasteiger partial charge in [-0.05, 0) is 44.2 Å². The number of hydrogen-bond acceptors (Lipinski definition) is 4. The Labute approximate surface area is 193 Å². The molecule has 34 heavy (non-hydrogen) atoms. The second kappa shape index (κ2) is 7.89. The van der Waals surface area contributed by atoms with Gasteiger partial charge in [-0.15, -0.1) is 0 Å². The summed E-state index contributed by atoms with van der Waals surface area (Å²) < 4.78 is 48.5. The number of alkyl halides is 2. The number of aryl methyl sites for hydroxylation is 1. The first kappa shape index (κ1) is 22.0. The smallest absolute Gasteiger partial charge is 0.280 e. The van der Waals surface area contributed by atoms with E-state index in [1.54, 1.807) is 36.3 Å². The molecule has 0 spiro atoms. The van der Waals surface area contributed by atoms with Gasteiger partial charge in [0.2, 0.25) is 5.92 Å². The Kier molecular flexibility index (Phi) is 5.11. The summed E-state index contributed by atoms with van der Waals surface area (Å²) in [5.74, 6) is -3.68. The largest absolute Gasteiger partial charge is 0.493 e. The quantitative estimate of drug-likeness (QED) is 0.435. The summed E-state index contributed by atoms with van der Waals surface area (Å²) in [6.45, 7) is 2.39. The number of carbonyl (C=O) groups is 1. The number of anilines is 1. The Morgan fingerprint density at radius 1 is 1.21 bits per heavy atom. The summed E-state index contributed by atoms with van der Waals surface area (Å²) in [4.78, 5) is 22.2. The van der Waals surface area contributed by atoms with Gasteiger partial charge in [-0.3, -0.25) is 14.4 Å². The molecule has 1 N–H and O–H groups in total. The lowest BCUT2D eigenvalue weighted by molar-refractivity contribution is 0.000835. The lowest BCUT2D eigenvalue weighted by Crippen LogP contribution is -2.30. The molecular weight excluding hydrogens is 447 g/mol. The minimum absolute atomic E-state index is 0.142. The highest BCUT2D eigenvalue weighted by atomic mass is 19.3. The monoisotopic (exact) mass is 469 g/mol. The number of imidazole rings is 1. The highest BCUT2D eigenvalue weighted by Crippen LogP contribution is 2.44. The Balaban J connectivity index is 1.56. The first-order valence-corrected chi connectivity index (χ1v) is 10.7. The zero-order chi connectivity index (χ0) is 24.2. The van der Waals surface area contributed by atoms with Crippen LogP contribution in [0.5, 0.6) is 5.75 Å². The lowest BCUT2D eigenvalue weighted by Gasteiger charge is -2.27. The molecule has 10 heteroatoms. The number of rotatable bonds is 6. The standard InChI is InChI=1S/C24H22F3N5O2/c1-13-20-21(30-31(13)3)23(33)32(14-4-7-18-19(10-14)29-12-28-18)22(20)16-6-5-15(11-17(16)25)34-9-8-24(2,26)27/h4-7,10-12,22H,8-9H2,1-3H3,(H,28,29). The van der Waals surface area contributed by atoms with E-state index in [0.29, 0.717) is 11.3 Å². The fourth-order valence-electron chi connectivity index (χ4n) is 4.27. The fraction of sp³-hybridized carbons (Fsp3) is 0.292. The highest BCUT2D eigenvalue weighted by molar-refractivity contribution is 6.11. The Morgan fingerprint density at radius 2 is 2.00 bits per heavy atom. The number of halogens is 3. The molecule has 0 fully saturated rings. The van der Waals surface area contributed by atoms with Crippen molar-refractivity contribution in [2.24, 2.45) is 7.05 Å². The zero-order valence-corrected chi connectivity index (χ0v) is 18.8. The van der Waals surface area contributed by atoms with E-state index in [4.69, 9.17) is 4.74 Å². The van der Waals surface area contributed by atoms with E-state index in [-0.39, 0.29) is 29.5 Å². The van der Waals surface area contributed by atoms with Crippen LogP contribution >= 0.6 is 0 Å². The molecule has 3 heterocycles. The van der Waals surface area contributed by atoms with Crippen molar-refractivity contribution in [3.05, 3.63) is 71.1 Å². The second-order valence-electron chi connectivity index (χ2n) is 8.50. The van der Waals surface area contributed by atoms with Gasteiger partial charge in [0.25, 0.3) is 5.91 Å². The number of ether oxygens (including phenoxy) is 1. The number of H-pyrrole nitrogens is 1. The van der Waals surface area contributed by atoms with Crippen molar-refractivity contribution in [1.82, 2.24) is 19.7 Å². The van der Waals surface area contributed by atoms with E-state index < -0.39 is 24.2 Å². The number of nitrogens with zero attached hydrogens (tertiary/aromatic N) is 4. The van der Waals surface area contributed by atoms with E-state index in [0.717, 1.165) is 29.7 Å². The van der Waals surface area contributed by atoms with E-state index >= 15 is 4.39 Å². The number of benzene rings is 2. The van der Waals surface area contributed by atoms with Crippen LogP contribution in [0.3, 0.4) is 0 Å². The maximum Gasteiger partial charge on any atom is 0.280 e. The van der Waals surface area contributed by atoms with Crippen LogP contribution in [0.1, 0.15) is 46.7 Å². The first-order valence-electron chi connectivity index (χ1n) is 10.7. The average Bonchev–Trinajstić information content (AvgIpc) is 3.42. The number of hydrogen-bond donors (Lipinski definition) is 1. The van der Waals surface area contributed by atoms with Gasteiger partial charge in [-0.1, -0.05) is 0 Å². The van der Waals surface area contributed by atoms with Gasteiger partial charge in [0.1, 0.15) is 11.6 Å². The molecule has 7 nitrogen and oxygen atoms in total. The molecule has 1 atom stereocenters. The van der Waals surface area contributed by atoms with Crippen LogP contribution < -0.4 is 9.64 Å². The van der Waals surface area contributed by atoms with Gasteiger partial charge in [0, 0.05) is 42.0 Å². The van der Waals surface area contributed by atoms with E-state index in [1.807, 2.05) is 6.92 Å². The molecule has 1 unspecified atom stereocenters. The van der Waals surface area contributed by atoms with Gasteiger partial charge in [0.05, 0.1) is 30.0 Å². The molecule has 2 aromatic heterocycles.